The molecule has 6 nitrogen and oxygen atoms in total. The summed E-state index contributed by atoms with van der Waals surface area (Å²) in [6, 6.07) is 10.4. The standard InChI is InChI=1S/C23H23NO5/c1-13-5-10-20-18(12-28-22(20)14(13)2)11-21(26)29-16(4)23(27)24-19-8-6-17(7-9-19)15(3)25/h5-10,12,16H,11H2,1-4H3,(H,24,27)/t16-/m1/s1. The third-order valence-electron chi connectivity index (χ3n) is 4.91. The number of amides is 1. The molecule has 0 fully saturated rings. The Labute approximate surface area is 168 Å². The Kier molecular flexibility index (Phi) is 5.82. The van der Waals surface area contributed by atoms with Gasteiger partial charge < -0.3 is 14.5 Å². The van der Waals surface area contributed by atoms with Crippen molar-refractivity contribution < 1.29 is 23.5 Å². The number of esters is 1. The van der Waals surface area contributed by atoms with Crippen LogP contribution in [0.25, 0.3) is 11.0 Å². The predicted molar refractivity (Wildman–Crippen MR) is 110 cm³/mol. The molecule has 0 radical (unpaired) electrons. The van der Waals surface area contributed by atoms with Crippen molar-refractivity contribution in [1.82, 2.24) is 0 Å². The SMILES string of the molecule is CC(=O)c1ccc(NC(=O)[C@@H](C)OC(=O)Cc2coc3c(C)c(C)ccc23)cc1. The lowest BCUT2D eigenvalue weighted by Crippen LogP contribution is -2.30. The first kappa shape index (κ1) is 20.3. The molecule has 0 aliphatic rings. The summed E-state index contributed by atoms with van der Waals surface area (Å²) in [5.74, 6) is -1.01. The number of Topliss-reactive ketones (excluding diaryl/α,β-unsaturated/α-hetero) is 1. The molecular formula is C23H23NO5. The number of nitrogens with one attached hydrogen (secondary N) is 1. The molecule has 1 amide bonds. The van der Waals surface area contributed by atoms with E-state index in [1.54, 1.807) is 30.5 Å². The summed E-state index contributed by atoms with van der Waals surface area (Å²) in [6.07, 6.45) is 0.609. The first-order valence-electron chi connectivity index (χ1n) is 9.34. The number of fused-ring (bicyclic) bond motifs is 1. The van der Waals surface area contributed by atoms with E-state index in [4.69, 9.17) is 9.15 Å². The molecule has 0 bridgehead atoms. The second-order valence-corrected chi connectivity index (χ2v) is 7.08. The molecule has 0 saturated heterocycles. The number of carbonyl (C=O) groups is 3. The Morgan fingerprint density at radius 1 is 1.07 bits per heavy atom. The number of ether oxygens (including phenoxy) is 1. The van der Waals surface area contributed by atoms with Crippen LogP contribution in [0, 0.1) is 13.8 Å². The fourth-order valence-corrected chi connectivity index (χ4v) is 3.01. The topological polar surface area (TPSA) is 85.6 Å². The second kappa shape index (κ2) is 8.31. The monoisotopic (exact) mass is 393 g/mol. The van der Waals surface area contributed by atoms with Gasteiger partial charge in [0.05, 0.1) is 12.7 Å². The lowest BCUT2D eigenvalue weighted by atomic mass is 10.0. The number of furan rings is 1. The van der Waals surface area contributed by atoms with E-state index in [0.717, 1.165) is 27.7 Å². The van der Waals surface area contributed by atoms with E-state index in [1.807, 2.05) is 26.0 Å². The molecule has 150 valence electrons. The van der Waals surface area contributed by atoms with Gasteiger partial charge in [-0.1, -0.05) is 12.1 Å². The van der Waals surface area contributed by atoms with E-state index in [2.05, 4.69) is 5.32 Å². The van der Waals surface area contributed by atoms with Crippen molar-refractivity contribution in [2.24, 2.45) is 0 Å². The summed E-state index contributed by atoms with van der Waals surface area (Å²) in [7, 11) is 0. The number of hydrogen-bond donors (Lipinski definition) is 1. The molecule has 2 aromatic carbocycles. The maximum absolute atomic E-state index is 12.3. The summed E-state index contributed by atoms with van der Waals surface area (Å²) in [4.78, 5) is 35.9. The van der Waals surface area contributed by atoms with Gasteiger partial charge in [-0.05, 0) is 63.1 Å². The third-order valence-corrected chi connectivity index (χ3v) is 4.91. The minimum atomic E-state index is -0.961. The van der Waals surface area contributed by atoms with Crippen molar-refractivity contribution in [3.63, 3.8) is 0 Å². The highest BCUT2D eigenvalue weighted by Gasteiger charge is 2.20. The van der Waals surface area contributed by atoms with Crippen LogP contribution in [0.15, 0.2) is 47.1 Å². The molecule has 0 aliphatic carbocycles. The second-order valence-electron chi connectivity index (χ2n) is 7.08. The smallest absolute Gasteiger partial charge is 0.311 e. The van der Waals surface area contributed by atoms with Crippen LogP contribution in [0.3, 0.4) is 0 Å². The lowest BCUT2D eigenvalue weighted by Gasteiger charge is -2.13. The third kappa shape index (κ3) is 4.54. The molecule has 0 spiro atoms. The largest absolute Gasteiger partial charge is 0.464 e. The van der Waals surface area contributed by atoms with Gasteiger partial charge in [-0.3, -0.25) is 14.4 Å². The van der Waals surface area contributed by atoms with Gasteiger partial charge >= 0.3 is 5.97 Å². The molecule has 0 unspecified atom stereocenters. The number of anilines is 1. The van der Waals surface area contributed by atoms with Crippen molar-refractivity contribution >= 4 is 34.3 Å². The van der Waals surface area contributed by atoms with Crippen LogP contribution in [-0.4, -0.2) is 23.8 Å². The number of benzene rings is 2. The summed E-state index contributed by atoms with van der Waals surface area (Å²) in [5.41, 5.74) is 4.70. The van der Waals surface area contributed by atoms with E-state index in [9.17, 15) is 14.4 Å². The fourth-order valence-electron chi connectivity index (χ4n) is 3.01. The molecular weight excluding hydrogens is 370 g/mol. The zero-order valence-electron chi connectivity index (χ0n) is 16.9. The van der Waals surface area contributed by atoms with Gasteiger partial charge in [-0.2, -0.15) is 0 Å². The highest BCUT2D eigenvalue weighted by atomic mass is 16.5. The Morgan fingerprint density at radius 3 is 2.41 bits per heavy atom. The summed E-state index contributed by atoms with van der Waals surface area (Å²) in [6.45, 7) is 6.96. The Bertz CT molecular complexity index is 1080. The van der Waals surface area contributed by atoms with Gasteiger partial charge in [0.15, 0.2) is 11.9 Å². The Hall–Kier alpha value is -3.41. The number of carbonyl (C=O) groups excluding carboxylic acids is 3. The van der Waals surface area contributed by atoms with Crippen LogP contribution in [0.4, 0.5) is 5.69 Å². The van der Waals surface area contributed by atoms with E-state index >= 15 is 0 Å². The van der Waals surface area contributed by atoms with Crippen molar-refractivity contribution in [1.29, 1.82) is 0 Å². The van der Waals surface area contributed by atoms with Gasteiger partial charge in [0.2, 0.25) is 0 Å². The molecule has 1 aromatic heterocycles. The van der Waals surface area contributed by atoms with Crippen LogP contribution in [0.2, 0.25) is 0 Å². The average Bonchev–Trinajstić information content (AvgIpc) is 3.08. The molecule has 29 heavy (non-hydrogen) atoms. The number of hydrogen-bond acceptors (Lipinski definition) is 5. The molecule has 1 N–H and O–H groups in total. The van der Waals surface area contributed by atoms with Gasteiger partial charge in [-0.25, -0.2) is 0 Å². The van der Waals surface area contributed by atoms with Crippen LogP contribution in [0.5, 0.6) is 0 Å². The van der Waals surface area contributed by atoms with E-state index in [1.165, 1.54) is 13.8 Å². The maximum Gasteiger partial charge on any atom is 0.311 e. The summed E-state index contributed by atoms with van der Waals surface area (Å²) in [5, 5.41) is 3.54. The van der Waals surface area contributed by atoms with Crippen molar-refractivity contribution in [2.45, 2.75) is 40.2 Å². The first-order valence-corrected chi connectivity index (χ1v) is 9.34. The predicted octanol–water partition coefficient (Wildman–Crippen LogP) is 4.37. The molecule has 6 heteroatoms. The van der Waals surface area contributed by atoms with Crippen LogP contribution in [-0.2, 0) is 20.7 Å². The van der Waals surface area contributed by atoms with Crippen molar-refractivity contribution in [3.05, 3.63) is 64.9 Å². The normalized spacial score (nSPS) is 11.9. The highest BCUT2D eigenvalue weighted by molar-refractivity contribution is 5.97. The molecule has 1 heterocycles. The van der Waals surface area contributed by atoms with E-state index in [0.29, 0.717) is 11.3 Å². The van der Waals surface area contributed by atoms with Crippen molar-refractivity contribution in [3.8, 4) is 0 Å². The molecule has 0 aliphatic heterocycles. The van der Waals surface area contributed by atoms with E-state index < -0.39 is 18.0 Å². The minimum Gasteiger partial charge on any atom is -0.464 e. The Morgan fingerprint density at radius 2 is 1.76 bits per heavy atom. The van der Waals surface area contributed by atoms with Crippen LogP contribution < -0.4 is 5.32 Å². The number of rotatable bonds is 6. The van der Waals surface area contributed by atoms with Gasteiger partial charge in [0.1, 0.15) is 5.58 Å². The summed E-state index contributed by atoms with van der Waals surface area (Å²) >= 11 is 0. The lowest BCUT2D eigenvalue weighted by molar-refractivity contribution is -0.152. The minimum absolute atomic E-state index is 0.0143. The first-order chi connectivity index (χ1) is 13.8. The molecule has 3 rings (SSSR count). The maximum atomic E-state index is 12.3. The van der Waals surface area contributed by atoms with Gasteiger partial charge in [0.25, 0.3) is 5.91 Å². The highest BCUT2D eigenvalue weighted by Crippen LogP contribution is 2.27. The molecule has 0 saturated carbocycles. The van der Waals surface area contributed by atoms with Crippen LogP contribution in [0.1, 0.15) is 40.9 Å². The van der Waals surface area contributed by atoms with Crippen molar-refractivity contribution in [2.75, 3.05) is 5.32 Å². The van der Waals surface area contributed by atoms with E-state index in [-0.39, 0.29) is 12.2 Å². The van der Waals surface area contributed by atoms with Crippen LogP contribution >= 0.6 is 0 Å². The summed E-state index contributed by atoms with van der Waals surface area (Å²) < 4.78 is 10.9. The fraction of sp³-hybridized carbons (Fsp3) is 0.261. The van der Waals surface area contributed by atoms with Gasteiger partial charge in [0, 0.05) is 22.2 Å². The zero-order chi connectivity index (χ0) is 21.1. The quantitative estimate of drug-likeness (QED) is 0.497. The number of aryl methyl sites for hydroxylation is 2. The molecule has 3 aromatic rings. The zero-order valence-corrected chi connectivity index (χ0v) is 16.9. The Balaban J connectivity index is 1.61. The number of ketones is 1. The average molecular weight is 393 g/mol. The molecule has 1 atom stereocenters. The van der Waals surface area contributed by atoms with Gasteiger partial charge in [-0.15, -0.1) is 0 Å².